The molecule has 3 aromatic rings. The molecule has 146 valence electrons. The van der Waals surface area contributed by atoms with E-state index in [9.17, 15) is 0 Å². The van der Waals surface area contributed by atoms with Gasteiger partial charge in [-0.15, -0.1) is 11.3 Å². The summed E-state index contributed by atoms with van der Waals surface area (Å²) in [6, 6.07) is 18.2. The van der Waals surface area contributed by atoms with Gasteiger partial charge in [-0.05, 0) is 53.9 Å². The third-order valence-corrected chi connectivity index (χ3v) is 6.02. The summed E-state index contributed by atoms with van der Waals surface area (Å²) in [5.41, 5.74) is 3.86. The van der Waals surface area contributed by atoms with Crippen LogP contribution in [0.4, 0.5) is 17.1 Å². The number of nitrogens with zero attached hydrogens (tertiary/aromatic N) is 3. The van der Waals surface area contributed by atoms with Crippen molar-refractivity contribution in [1.29, 1.82) is 0 Å². The van der Waals surface area contributed by atoms with E-state index >= 15 is 0 Å². The summed E-state index contributed by atoms with van der Waals surface area (Å²) < 4.78 is 5.45. The van der Waals surface area contributed by atoms with Gasteiger partial charge in [-0.1, -0.05) is 17.7 Å². The molecule has 1 fully saturated rings. The molecule has 5 rings (SSSR count). The molecular weight excluding hydrogens is 404 g/mol. The number of rotatable bonds is 3. The maximum Gasteiger partial charge on any atom is 0.172 e. The predicted octanol–water partition coefficient (Wildman–Crippen LogP) is 5.19. The number of fused-ring (bicyclic) bond motifs is 1. The lowest BCUT2D eigenvalue weighted by atomic mass is 10.1. The first kappa shape index (κ1) is 18.4. The molecule has 2 aliphatic heterocycles. The second kappa shape index (κ2) is 7.99. The van der Waals surface area contributed by atoms with Crippen molar-refractivity contribution < 1.29 is 4.74 Å². The van der Waals surface area contributed by atoms with Crippen LogP contribution in [-0.4, -0.2) is 38.0 Å². The largest absolute Gasteiger partial charge is 0.378 e. The highest BCUT2D eigenvalue weighted by Crippen LogP contribution is 2.32. The zero-order chi connectivity index (χ0) is 19.6. The predicted molar refractivity (Wildman–Crippen MR) is 122 cm³/mol. The molecule has 0 unspecified atom stereocenters. The minimum Gasteiger partial charge on any atom is -0.378 e. The Kier molecular flexibility index (Phi) is 5.06. The number of halogens is 1. The highest BCUT2D eigenvalue weighted by atomic mass is 35.5. The molecule has 1 saturated heterocycles. The van der Waals surface area contributed by atoms with Crippen molar-refractivity contribution in [1.82, 2.24) is 0 Å². The summed E-state index contributed by atoms with van der Waals surface area (Å²) >= 11 is 7.85. The molecule has 0 spiro atoms. The van der Waals surface area contributed by atoms with Gasteiger partial charge in [0, 0.05) is 29.4 Å². The molecule has 5 nitrogen and oxygen atoms in total. The Bertz CT molecular complexity index is 1070. The number of benzene rings is 2. The molecule has 0 saturated carbocycles. The van der Waals surface area contributed by atoms with Crippen molar-refractivity contribution in [3.63, 3.8) is 0 Å². The van der Waals surface area contributed by atoms with Gasteiger partial charge in [-0.2, -0.15) is 0 Å². The van der Waals surface area contributed by atoms with E-state index in [1.54, 1.807) is 11.3 Å². The Labute approximate surface area is 178 Å². The first-order chi connectivity index (χ1) is 14.3. The van der Waals surface area contributed by atoms with Gasteiger partial charge >= 0.3 is 0 Å². The van der Waals surface area contributed by atoms with Crippen LogP contribution >= 0.6 is 22.9 Å². The summed E-state index contributed by atoms with van der Waals surface area (Å²) in [5.74, 6) is 1.45. The molecule has 0 amide bonds. The summed E-state index contributed by atoms with van der Waals surface area (Å²) in [7, 11) is 0. The third-order valence-electron chi connectivity index (χ3n) is 4.91. The number of amidine groups is 2. The minimum atomic E-state index is 0.660. The van der Waals surface area contributed by atoms with Crippen molar-refractivity contribution in [2.45, 2.75) is 0 Å². The number of anilines is 2. The number of morpholine rings is 1. The van der Waals surface area contributed by atoms with Gasteiger partial charge in [-0.25, -0.2) is 9.98 Å². The number of hydrogen-bond donors (Lipinski definition) is 1. The van der Waals surface area contributed by atoms with Gasteiger partial charge in [0.05, 0.1) is 29.5 Å². The fraction of sp³-hybridized carbons (Fsp3) is 0.182. The second-order valence-corrected chi connectivity index (χ2v) is 8.19. The van der Waals surface area contributed by atoms with Crippen LogP contribution in [0.15, 0.2) is 70.0 Å². The van der Waals surface area contributed by atoms with E-state index in [0.717, 1.165) is 54.0 Å². The monoisotopic (exact) mass is 422 g/mol. The summed E-state index contributed by atoms with van der Waals surface area (Å²) in [6.45, 7) is 3.38. The maximum absolute atomic E-state index is 6.22. The summed E-state index contributed by atoms with van der Waals surface area (Å²) in [6.07, 6.45) is 0. The van der Waals surface area contributed by atoms with Crippen LogP contribution < -0.4 is 10.2 Å². The maximum atomic E-state index is 6.22. The molecular formula is C22H19ClN4OS. The normalized spacial score (nSPS) is 16.4. The van der Waals surface area contributed by atoms with Crippen molar-refractivity contribution in [2.24, 2.45) is 9.98 Å². The molecule has 0 bridgehead atoms. The average molecular weight is 423 g/mol. The number of nitrogens with one attached hydrogen (secondary N) is 1. The van der Waals surface area contributed by atoms with E-state index in [-0.39, 0.29) is 0 Å². The fourth-order valence-corrected chi connectivity index (χ4v) is 4.24. The first-order valence-electron chi connectivity index (χ1n) is 9.47. The first-order valence-corrected chi connectivity index (χ1v) is 10.7. The standard InChI is InChI=1S/C22H19ClN4OS/c23-16-5-8-18-19(14-16)25-21(26-22(24-18)20-2-1-13-29-20)15-3-6-17(7-4-15)27-9-11-28-12-10-27/h1-8,13-14H,9-12H2,(H,24,25,26). The summed E-state index contributed by atoms with van der Waals surface area (Å²) in [5, 5.41) is 6.12. The zero-order valence-electron chi connectivity index (χ0n) is 15.6. The molecule has 0 atom stereocenters. The van der Waals surface area contributed by atoms with E-state index in [4.69, 9.17) is 26.3 Å². The lowest BCUT2D eigenvalue weighted by Gasteiger charge is -2.29. The molecule has 2 aromatic carbocycles. The Morgan fingerprint density at radius 3 is 2.59 bits per heavy atom. The molecule has 1 aromatic heterocycles. The Morgan fingerprint density at radius 1 is 1.00 bits per heavy atom. The topological polar surface area (TPSA) is 49.2 Å². The van der Waals surface area contributed by atoms with Crippen LogP contribution in [0.5, 0.6) is 0 Å². The minimum absolute atomic E-state index is 0.660. The highest BCUT2D eigenvalue weighted by molar-refractivity contribution is 7.12. The molecule has 0 radical (unpaired) electrons. The van der Waals surface area contributed by atoms with Crippen molar-refractivity contribution in [2.75, 3.05) is 36.5 Å². The Balaban J connectivity index is 1.52. The Morgan fingerprint density at radius 2 is 1.83 bits per heavy atom. The molecule has 2 aliphatic rings. The lowest BCUT2D eigenvalue weighted by molar-refractivity contribution is 0.122. The van der Waals surface area contributed by atoms with Crippen LogP contribution in [0.2, 0.25) is 5.02 Å². The average Bonchev–Trinajstić information content (AvgIpc) is 3.23. The highest BCUT2D eigenvalue weighted by Gasteiger charge is 2.17. The number of thiophene rings is 1. The number of ether oxygens (including phenoxy) is 1. The summed E-state index contributed by atoms with van der Waals surface area (Å²) in [4.78, 5) is 13.0. The van der Waals surface area contributed by atoms with Gasteiger partial charge < -0.3 is 15.0 Å². The van der Waals surface area contributed by atoms with Gasteiger partial charge in [-0.3, -0.25) is 0 Å². The third kappa shape index (κ3) is 3.92. The van der Waals surface area contributed by atoms with Crippen LogP contribution in [0.3, 0.4) is 0 Å². The Hall–Kier alpha value is -2.67. The molecule has 3 heterocycles. The van der Waals surface area contributed by atoms with Crippen LogP contribution in [0.1, 0.15) is 10.4 Å². The zero-order valence-corrected chi connectivity index (χ0v) is 17.2. The van der Waals surface area contributed by atoms with Crippen molar-refractivity contribution in [3.8, 4) is 0 Å². The lowest BCUT2D eigenvalue weighted by Crippen LogP contribution is -2.36. The second-order valence-electron chi connectivity index (χ2n) is 6.81. The van der Waals surface area contributed by atoms with E-state index in [0.29, 0.717) is 10.9 Å². The van der Waals surface area contributed by atoms with E-state index < -0.39 is 0 Å². The van der Waals surface area contributed by atoms with Gasteiger partial charge in [0.25, 0.3) is 0 Å². The van der Waals surface area contributed by atoms with Crippen molar-refractivity contribution >= 4 is 51.7 Å². The quantitative estimate of drug-likeness (QED) is 0.632. The number of hydrogen-bond acceptors (Lipinski definition) is 6. The van der Waals surface area contributed by atoms with Crippen molar-refractivity contribution in [3.05, 3.63) is 75.4 Å². The molecule has 1 N–H and O–H groups in total. The van der Waals surface area contributed by atoms with Crippen LogP contribution in [-0.2, 0) is 4.74 Å². The number of aliphatic imine (C=N–C) groups is 2. The fourth-order valence-electron chi connectivity index (χ4n) is 3.41. The van der Waals surface area contributed by atoms with Gasteiger partial charge in [0.1, 0.15) is 5.84 Å². The molecule has 7 heteroatoms. The molecule has 0 aliphatic carbocycles. The van der Waals surface area contributed by atoms with Gasteiger partial charge in [0.2, 0.25) is 0 Å². The van der Waals surface area contributed by atoms with Crippen LogP contribution in [0, 0.1) is 0 Å². The van der Waals surface area contributed by atoms with Crippen LogP contribution in [0.25, 0.3) is 0 Å². The van der Waals surface area contributed by atoms with Gasteiger partial charge in [0.15, 0.2) is 5.84 Å². The van der Waals surface area contributed by atoms with E-state index in [1.807, 2.05) is 35.7 Å². The van der Waals surface area contributed by atoms with E-state index in [1.165, 1.54) is 5.69 Å². The van der Waals surface area contributed by atoms with E-state index in [2.05, 4.69) is 34.5 Å². The smallest absolute Gasteiger partial charge is 0.172 e. The molecule has 29 heavy (non-hydrogen) atoms. The SMILES string of the molecule is Clc1ccc2c(c1)NC(c1ccc(N3CCOCC3)cc1)=NC(c1cccs1)=N2.